The monoisotopic (exact) mass is 387 g/mol. The summed E-state index contributed by atoms with van der Waals surface area (Å²) in [4.78, 5) is 23.8. The highest BCUT2D eigenvalue weighted by atomic mass is 35.5. The van der Waals surface area contributed by atoms with Gasteiger partial charge in [-0.05, 0) is 35.9 Å². The second-order valence-electron chi connectivity index (χ2n) is 5.65. The second-order valence-corrected chi connectivity index (χ2v) is 6.06. The number of benzene rings is 2. The molecule has 0 atom stereocenters. The van der Waals surface area contributed by atoms with Gasteiger partial charge in [0.1, 0.15) is 5.82 Å². The highest BCUT2D eigenvalue weighted by Gasteiger charge is 2.13. The summed E-state index contributed by atoms with van der Waals surface area (Å²) in [6, 6.07) is 12.6. The number of halogens is 2. The zero-order valence-corrected chi connectivity index (χ0v) is 14.8. The van der Waals surface area contributed by atoms with E-state index in [9.17, 15) is 14.0 Å². The van der Waals surface area contributed by atoms with Gasteiger partial charge in [0.25, 0.3) is 5.91 Å². The van der Waals surface area contributed by atoms with Gasteiger partial charge in [-0.3, -0.25) is 9.48 Å². The summed E-state index contributed by atoms with van der Waals surface area (Å²) in [7, 11) is 0. The first-order valence-electron chi connectivity index (χ1n) is 7.99. The van der Waals surface area contributed by atoms with Crippen molar-refractivity contribution in [1.82, 2.24) is 9.78 Å². The molecule has 1 heterocycles. The van der Waals surface area contributed by atoms with E-state index in [0.717, 1.165) is 5.56 Å². The highest BCUT2D eigenvalue weighted by Crippen LogP contribution is 2.16. The molecule has 1 N–H and O–H groups in total. The fourth-order valence-corrected chi connectivity index (χ4v) is 2.50. The Labute approximate surface area is 159 Å². The van der Waals surface area contributed by atoms with Crippen molar-refractivity contribution in [1.29, 1.82) is 0 Å². The van der Waals surface area contributed by atoms with Crippen molar-refractivity contribution < 1.29 is 18.7 Å². The fraction of sp³-hybridized carbons (Fsp3) is 0.105. The Bertz CT molecular complexity index is 957. The Morgan fingerprint density at radius 2 is 1.89 bits per heavy atom. The maximum Gasteiger partial charge on any atom is 0.341 e. The average molecular weight is 388 g/mol. The normalized spacial score (nSPS) is 10.4. The van der Waals surface area contributed by atoms with Crippen molar-refractivity contribution in [2.75, 3.05) is 11.9 Å². The maximum atomic E-state index is 12.8. The minimum absolute atomic E-state index is 0.219. The van der Waals surface area contributed by atoms with Crippen LogP contribution in [0.5, 0.6) is 0 Å². The first-order chi connectivity index (χ1) is 13.0. The summed E-state index contributed by atoms with van der Waals surface area (Å²) in [5.74, 6) is -1.61. The molecule has 0 radical (unpaired) electrons. The molecular weight excluding hydrogens is 373 g/mol. The second kappa shape index (κ2) is 8.46. The minimum Gasteiger partial charge on any atom is -0.452 e. The molecule has 138 valence electrons. The smallest absolute Gasteiger partial charge is 0.341 e. The molecule has 1 aromatic heterocycles. The maximum absolute atomic E-state index is 12.8. The highest BCUT2D eigenvalue weighted by molar-refractivity contribution is 6.31. The van der Waals surface area contributed by atoms with E-state index >= 15 is 0 Å². The number of esters is 1. The van der Waals surface area contributed by atoms with Crippen LogP contribution in [0.25, 0.3) is 0 Å². The number of ether oxygens (including phenoxy) is 1. The van der Waals surface area contributed by atoms with E-state index in [-0.39, 0.29) is 5.56 Å². The molecule has 0 saturated carbocycles. The summed E-state index contributed by atoms with van der Waals surface area (Å²) in [5.41, 5.74) is 1.49. The quantitative estimate of drug-likeness (QED) is 0.657. The Kier molecular flexibility index (Phi) is 5.83. The first kappa shape index (κ1) is 18.6. The van der Waals surface area contributed by atoms with Gasteiger partial charge in [-0.2, -0.15) is 5.10 Å². The van der Waals surface area contributed by atoms with Crippen LogP contribution in [0.15, 0.2) is 60.9 Å². The molecule has 1 amide bonds. The number of aromatic nitrogens is 2. The Hall–Kier alpha value is -3.19. The third kappa shape index (κ3) is 5.15. The molecule has 3 rings (SSSR count). The lowest BCUT2D eigenvalue weighted by Crippen LogP contribution is -2.20. The largest absolute Gasteiger partial charge is 0.452 e. The Morgan fingerprint density at radius 3 is 2.63 bits per heavy atom. The molecule has 0 saturated heterocycles. The number of hydrogen-bond acceptors (Lipinski definition) is 4. The Balaban J connectivity index is 1.52. The van der Waals surface area contributed by atoms with Gasteiger partial charge in [0.2, 0.25) is 0 Å². The van der Waals surface area contributed by atoms with E-state index in [1.54, 1.807) is 10.7 Å². The van der Waals surface area contributed by atoms with E-state index < -0.39 is 24.3 Å². The SMILES string of the molecule is O=C(COC(=O)c1cnn(Cc2ccccc2Cl)c1)Nc1ccc(F)cc1. The summed E-state index contributed by atoms with van der Waals surface area (Å²) in [6.07, 6.45) is 2.88. The molecule has 0 aliphatic carbocycles. The zero-order chi connectivity index (χ0) is 19.2. The summed E-state index contributed by atoms with van der Waals surface area (Å²) < 4.78 is 19.4. The van der Waals surface area contributed by atoms with Gasteiger partial charge in [0.05, 0.1) is 18.3 Å². The third-order valence-corrected chi connectivity index (χ3v) is 3.99. The van der Waals surface area contributed by atoms with Gasteiger partial charge in [0, 0.05) is 16.9 Å². The van der Waals surface area contributed by atoms with Crippen molar-refractivity contribution in [3.05, 3.63) is 82.9 Å². The number of hydrogen-bond donors (Lipinski definition) is 1. The molecule has 27 heavy (non-hydrogen) atoms. The minimum atomic E-state index is -0.672. The van der Waals surface area contributed by atoms with Crippen molar-refractivity contribution in [2.24, 2.45) is 0 Å². The molecule has 0 bridgehead atoms. The summed E-state index contributed by atoms with van der Waals surface area (Å²) >= 11 is 6.11. The molecule has 0 aliphatic heterocycles. The van der Waals surface area contributed by atoms with E-state index in [2.05, 4.69) is 10.4 Å². The number of carbonyl (C=O) groups is 2. The predicted octanol–water partition coefficient (Wildman–Crippen LogP) is 3.52. The lowest BCUT2D eigenvalue weighted by molar-refractivity contribution is -0.119. The average Bonchev–Trinajstić information content (AvgIpc) is 3.12. The van der Waals surface area contributed by atoms with Crippen LogP contribution in [0.2, 0.25) is 5.02 Å². The molecule has 3 aromatic rings. The molecule has 0 aliphatic rings. The molecular formula is C19H15ClFN3O3. The van der Waals surface area contributed by atoms with Gasteiger partial charge < -0.3 is 10.1 Å². The number of amides is 1. The Morgan fingerprint density at radius 1 is 1.15 bits per heavy atom. The van der Waals surface area contributed by atoms with Gasteiger partial charge >= 0.3 is 5.97 Å². The van der Waals surface area contributed by atoms with Crippen LogP contribution in [-0.2, 0) is 16.1 Å². The van der Waals surface area contributed by atoms with Gasteiger partial charge in [-0.15, -0.1) is 0 Å². The number of rotatable bonds is 6. The van der Waals surface area contributed by atoms with Crippen molar-refractivity contribution in [2.45, 2.75) is 6.54 Å². The topological polar surface area (TPSA) is 73.2 Å². The van der Waals surface area contributed by atoms with Crippen LogP contribution in [0.3, 0.4) is 0 Å². The van der Waals surface area contributed by atoms with Crippen LogP contribution in [0.4, 0.5) is 10.1 Å². The third-order valence-electron chi connectivity index (χ3n) is 3.62. The van der Waals surface area contributed by atoms with Gasteiger partial charge in [-0.1, -0.05) is 29.8 Å². The number of anilines is 1. The van der Waals surface area contributed by atoms with E-state index in [0.29, 0.717) is 17.3 Å². The van der Waals surface area contributed by atoms with Crippen LogP contribution in [-0.4, -0.2) is 28.3 Å². The molecule has 0 spiro atoms. The lowest BCUT2D eigenvalue weighted by Gasteiger charge is -2.06. The molecule has 2 aromatic carbocycles. The first-order valence-corrected chi connectivity index (χ1v) is 8.37. The van der Waals surface area contributed by atoms with Gasteiger partial charge in [0.15, 0.2) is 6.61 Å². The predicted molar refractivity (Wildman–Crippen MR) is 98.1 cm³/mol. The van der Waals surface area contributed by atoms with Crippen molar-refractivity contribution in [3.63, 3.8) is 0 Å². The van der Waals surface area contributed by atoms with Crippen molar-refractivity contribution >= 4 is 29.2 Å². The number of nitrogens with zero attached hydrogens (tertiary/aromatic N) is 2. The van der Waals surface area contributed by atoms with Crippen LogP contribution < -0.4 is 5.32 Å². The molecule has 8 heteroatoms. The number of nitrogens with one attached hydrogen (secondary N) is 1. The summed E-state index contributed by atoms with van der Waals surface area (Å²) in [6.45, 7) is -0.0656. The van der Waals surface area contributed by atoms with Crippen LogP contribution in [0, 0.1) is 5.82 Å². The molecule has 6 nitrogen and oxygen atoms in total. The zero-order valence-electron chi connectivity index (χ0n) is 14.1. The van der Waals surface area contributed by atoms with Crippen LogP contribution >= 0.6 is 11.6 Å². The summed E-state index contributed by atoms with van der Waals surface area (Å²) in [5, 5.41) is 7.21. The number of carbonyl (C=O) groups excluding carboxylic acids is 2. The van der Waals surface area contributed by atoms with E-state index in [4.69, 9.17) is 16.3 Å². The van der Waals surface area contributed by atoms with E-state index in [1.165, 1.54) is 36.7 Å². The van der Waals surface area contributed by atoms with Gasteiger partial charge in [-0.25, -0.2) is 9.18 Å². The molecule has 0 fully saturated rings. The van der Waals surface area contributed by atoms with E-state index in [1.807, 2.05) is 18.2 Å². The lowest BCUT2D eigenvalue weighted by atomic mass is 10.2. The standard InChI is InChI=1S/C19H15ClFN3O3/c20-17-4-2-1-3-13(17)10-24-11-14(9-22-24)19(26)27-12-18(25)23-16-7-5-15(21)6-8-16/h1-9,11H,10,12H2,(H,23,25). The fourth-order valence-electron chi connectivity index (χ4n) is 2.30. The van der Waals surface area contributed by atoms with Crippen LogP contribution in [0.1, 0.15) is 15.9 Å². The van der Waals surface area contributed by atoms with Crippen molar-refractivity contribution in [3.8, 4) is 0 Å². The molecule has 0 unspecified atom stereocenters.